The Bertz CT molecular complexity index is 590. The highest BCUT2D eigenvalue weighted by Gasteiger charge is 2.13. The van der Waals surface area contributed by atoms with E-state index in [0.29, 0.717) is 11.2 Å². The van der Waals surface area contributed by atoms with E-state index in [1.807, 2.05) is 22.6 Å². The summed E-state index contributed by atoms with van der Waals surface area (Å²) in [5, 5.41) is -0.0398. The monoisotopic (exact) mass is 323 g/mol. The molecule has 2 aromatic heterocycles. The van der Waals surface area contributed by atoms with Crippen LogP contribution in [0.4, 0.5) is 0 Å². The molecule has 0 saturated heterocycles. The second-order valence-corrected chi connectivity index (χ2v) is 5.86. The van der Waals surface area contributed by atoms with Gasteiger partial charge in [0.05, 0.1) is 5.52 Å². The minimum absolute atomic E-state index is 0.0398. The van der Waals surface area contributed by atoms with E-state index in [1.54, 1.807) is 12.1 Å². The Labute approximate surface area is 94.0 Å². The quantitative estimate of drug-likeness (QED) is 0.627. The van der Waals surface area contributed by atoms with Crippen LogP contribution in [-0.2, 0) is 9.84 Å². The van der Waals surface area contributed by atoms with Gasteiger partial charge >= 0.3 is 0 Å². The summed E-state index contributed by atoms with van der Waals surface area (Å²) in [5.41, 5.74) is 1.06. The molecular weight excluding hydrogens is 317 g/mol. The zero-order valence-electron chi connectivity index (χ0n) is 7.15. The second-order valence-electron chi connectivity index (χ2n) is 2.82. The maximum atomic E-state index is 11.2. The van der Waals surface area contributed by atoms with Crippen LogP contribution in [0.1, 0.15) is 0 Å². The number of halogens is 1. The molecule has 0 aliphatic rings. The molecule has 0 radical (unpaired) electrons. The van der Waals surface area contributed by atoms with E-state index in [2.05, 4.69) is 15.0 Å². The molecule has 0 fully saturated rings. The molecule has 7 heteroatoms. The fourth-order valence-electron chi connectivity index (χ4n) is 1.02. The Morgan fingerprint density at radius 2 is 2.07 bits per heavy atom. The maximum Gasteiger partial charge on any atom is 0.227 e. The highest BCUT2D eigenvalue weighted by molar-refractivity contribution is 14.1. The highest BCUT2D eigenvalue weighted by Crippen LogP contribution is 2.13. The van der Waals surface area contributed by atoms with Gasteiger partial charge in [-0.3, -0.25) is 0 Å². The van der Waals surface area contributed by atoms with Crippen molar-refractivity contribution in [1.82, 2.24) is 15.0 Å². The van der Waals surface area contributed by atoms with Gasteiger partial charge in [0.2, 0.25) is 15.0 Å². The summed E-state index contributed by atoms with van der Waals surface area (Å²) in [5.74, 6) is 0. The predicted octanol–water partition coefficient (Wildman–Crippen LogP) is 0.966. The summed E-state index contributed by atoms with van der Waals surface area (Å²) in [6, 6.07) is 3.54. The third kappa shape index (κ3) is 1.73. The summed E-state index contributed by atoms with van der Waals surface area (Å²) < 4.78 is 23.1. The van der Waals surface area contributed by atoms with Crippen molar-refractivity contribution in [3.8, 4) is 0 Å². The first kappa shape index (κ1) is 9.84. The van der Waals surface area contributed by atoms with Gasteiger partial charge in [-0.1, -0.05) is 0 Å². The Hall–Kier alpha value is -0.700. The van der Waals surface area contributed by atoms with E-state index in [9.17, 15) is 8.42 Å². The smallest absolute Gasteiger partial charge is 0.227 e. The molecule has 0 bridgehead atoms. The van der Waals surface area contributed by atoms with Gasteiger partial charge in [0, 0.05) is 6.26 Å². The van der Waals surface area contributed by atoms with Crippen LogP contribution in [0, 0.1) is 3.70 Å². The first-order valence-electron chi connectivity index (χ1n) is 3.69. The molecule has 0 spiro atoms. The molecule has 74 valence electrons. The van der Waals surface area contributed by atoms with Gasteiger partial charge in [-0.15, -0.1) is 0 Å². The maximum absolute atomic E-state index is 11.2. The number of imidazole rings is 1. The van der Waals surface area contributed by atoms with Crippen LogP contribution < -0.4 is 0 Å². The van der Waals surface area contributed by atoms with Crippen molar-refractivity contribution in [2.45, 2.75) is 5.16 Å². The Morgan fingerprint density at radius 1 is 1.36 bits per heavy atom. The van der Waals surface area contributed by atoms with Crippen LogP contribution in [-0.4, -0.2) is 29.6 Å². The predicted molar refractivity (Wildman–Crippen MR) is 59.7 cm³/mol. The molecule has 0 aliphatic carbocycles. The van der Waals surface area contributed by atoms with Crippen LogP contribution >= 0.6 is 22.6 Å². The third-order valence-electron chi connectivity index (χ3n) is 1.64. The SMILES string of the molecule is CS(=O)(=O)c1nc2nc(I)ccc2[nH]1. The van der Waals surface area contributed by atoms with Gasteiger partial charge in [0.15, 0.2) is 5.65 Å². The molecule has 2 rings (SSSR count). The molecule has 1 N–H and O–H groups in total. The van der Waals surface area contributed by atoms with Crippen molar-refractivity contribution < 1.29 is 8.42 Å². The van der Waals surface area contributed by atoms with Crippen molar-refractivity contribution in [3.05, 3.63) is 15.8 Å². The summed E-state index contributed by atoms with van der Waals surface area (Å²) >= 11 is 2.04. The number of rotatable bonds is 1. The van der Waals surface area contributed by atoms with Crippen molar-refractivity contribution in [2.75, 3.05) is 6.26 Å². The van der Waals surface area contributed by atoms with Gasteiger partial charge < -0.3 is 4.98 Å². The lowest BCUT2D eigenvalue weighted by molar-refractivity contribution is 0.595. The summed E-state index contributed by atoms with van der Waals surface area (Å²) in [7, 11) is -3.29. The van der Waals surface area contributed by atoms with E-state index in [-0.39, 0.29) is 5.16 Å². The minimum atomic E-state index is -3.29. The number of nitrogens with zero attached hydrogens (tertiary/aromatic N) is 2. The summed E-state index contributed by atoms with van der Waals surface area (Å²) in [4.78, 5) is 10.7. The number of hydrogen-bond acceptors (Lipinski definition) is 4. The van der Waals surface area contributed by atoms with Gasteiger partial charge in [0.25, 0.3) is 0 Å². The van der Waals surface area contributed by atoms with Crippen LogP contribution in [0.25, 0.3) is 11.2 Å². The molecule has 2 aromatic rings. The highest BCUT2D eigenvalue weighted by atomic mass is 127. The van der Waals surface area contributed by atoms with Crippen LogP contribution in [0.15, 0.2) is 17.3 Å². The molecule has 2 heterocycles. The number of fused-ring (bicyclic) bond motifs is 1. The number of nitrogens with one attached hydrogen (secondary N) is 1. The average Bonchev–Trinajstić information content (AvgIpc) is 2.45. The zero-order chi connectivity index (χ0) is 10.3. The van der Waals surface area contributed by atoms with E-state index in [1.165, 1.54) is 0 Å². The van der Waals surface area contributed by atoms with Gasteiger partial charge in [-0.05, 0) is 34.7 Å². The lowest BCUT2D eigenvalue weighted by Gasteiger charge is -1.86. The number of aromatic nitrogens is 3. The Balaban J connectivity index is 2.75. The number of pyridine rings is 1. The third-order valence-corrected chi connectivity index (χ3v) is 3.14. The van der Waals surface area contributed by atoms with Crippen molar-refractivity contribution >= 4 is 43.6 Å². The molecule has 5 nitrogen and oxygen atoms in total. The van der Waals surface area contributed by atoms with Crippen molar-refractivity contribution in [2.24, 2.45) is 0 Å². The Morgan fingerprint density at radius 3 is 2.71 bits per heavy atom. The van der Waals surface area contributed by atoms with E-state index < -0.39 is 9.84 Å². The summed E-state index contributed by atoms with van der Waals surface area (Å²) in [6.07, 6.45) is 1.11. The zero-order valence-corrected chi connectivity index (χ0v) is 10.1. The van der Waals surface area contributed by atoms with E-state index in [0.717, 1.165) is 9.96 Å². The average molecular weight is 323 g/mol. The van der Waals surface area contributed by atoms with Crippen molar-refractivity contribution in [3.63, 3.8) is 0 Å². The van der Waals surface area contributed by atoms with Gasteiger partial charge in [0.1, 0.15) is 3.70 Å². The van der Waals surface area contributed by atoms with Crippen molar-refractivity contribution in [1.29, 1.82) is 0 Å². The van der Waals surface area contributed by atoms with Crippen LogP contribution in [0.5, 0.6) is 0 Å². The lowest BCUT2D eigenvalue weighted by atomic mass is 10.4. The normalized spacial score (nSPS) is 12.1. The molecular formula is C7H6IN3O2S. The summed E-state index contributed by atoms with van der Waals surface area (Å²) in [6.45, 7) is 0. The van der Waals surface area contributed by atoms with Crippen LogP contribution in [0.3, 0.4) is 0 Å². The molecule has 0 saturated carbocycles. The Kier molecular flexibility index (Phi) is 2.22. The van der Waals surface area contributed by atoms with E-state index in [4.69, 9.17) is 0 Å². The van der Waals surface area contributed by atoms with Crippen LogP contribution in [0.2, 0.25) is 0 Å². The molecule has 0 atom stereocenters. The number of H-pyrrole nitrogens is 1. The molecule has 0 aromatic carbocycles. The first-order valence-corrected chi connectivity index (χ1v) is 6.66. The van der Waals surface area contributed by atoms with E-state index >= 15 is 0 Å². The lowest BCUT2D eigenvalue weighted by Crippen LogP contribution is -1.98. The fourth-order valence-corrected chi connectivity index (χ4v) is 1.98. The number of aromatic amines is 1. The molecule has 0 aliphatic heterocycles. The molecule has 14 heavy (non-hydrogen) atoms. The van der Waals surface area contributed by atoms with Gasteiger partial charge in [-0.25, -0.2) is 13.4 Å². The molecule has 0 amide bonds. The van der Waals surface area contributed by atoms with Gasteiger partial charge in [-0.2, -0.15) is 4.98 Å². The standard InChI is InChI=1S/C7H6IN3O2S/c1-14(12,13)7-9-4-2-3-5(8)10-6(4)11-7/h2-3H,1H3,(H,9,10,11). The minimum Gasteiger partial charge on any atom is -0.327 e. The largest absolute Gasteiger partial charge is 0.327 e. The molecule has 0 unspecified atom stereocenters. The first-order chi connectivity index (χ1) is 6.47. The topological polar surface area (TPSA) is 75.7 Å². The number of hydrogen-bond donors (Lipinski definition) is 1. The fraction of sp³-hybridized carbons (Fsp3) is 0.143. The number of sulfone groups is 1. The second kappa shape index (κ2) is 3.16.